The Hall–Kier alpha value is -2.96. The SMILES string of the molecule is CN=C(NCCc1ccc(OC)c(OC)c1OC)N(C)Cc1ccc(F)cc1. The summed E-state index contributed by atoms with van der Waals surface area (Å²) in [5.41, 5.74) is 2.01. The van der Waals surface area contributed by atoms with Crippen LogP contribution in [0.5, 0.6) is 17.2 Å². The number of rotatable bonds is 8. The predicted molar refractivity (Wildman–Crippen MR) is 109 cm³/mol. The molecule has 0 amide bonds. The van der Waals surface area contributed by atoms with Crippen molar-refractivity contribution in [2.45, 2.75) is 13.0 Å². The van der Waals surface area contributed by atoms with E-state index >= 15 is 0 Å². The molecule has 28 heavy (non-hydrogen) atoms. The Morgan fingerprint density at radius 2 is 1.68 bits per heavy atom. The number of hydrogen-bond donors (Lipinski definition) is 1. The van der Waals surface area contributed by atoms with Crippen LogP contribution >= 0.6 is 0 Å². The average Bonchev–Trinajstić information content (AvgIpc) is 2.71. The van der Waals surface area contributed by atoms with E-state index in [0.717, 1.165) is 17.1 Å². The molecule has 2 aromatic rings. The highest BCUT2D eigenvalue weighted by Crippen LogP contribution is 2.39. The van der Waals surface area contributed by atoms with Crippen molar-refractivity contribution < 1.29 is 18.6 Å². The molecule has 0 fully saturated rings. The van der Waals surface area contributed by atoms with Crippen molar-refractivity contribution in [3.8, 4) is 17.2 Å². The number of nitrogens with zero attached hydrogens (tertiary/aromatic N) is 2. The number of methoxy groups -OCH3 is 3. The van der Waals surface area contributed by atoms with Crippen LogP contribution in [0.3, 0.4) is 0 Å². The zero-order valence-electron chi connectivity index (χ0n) is 17.1. The number of benzene rings is 2. The molecule has 0 saturated heterocycles. The van der Waals surface area contributed by atoms with Crippen LogP contribution in [0.15, 0.2) is 41.4 Å². The molecule has 0 atom stereocenters. The summed E-state index contributed by atoms with van der Waals surface area (Å²) >= 11 is 0. The van der Waals surface area contributed by atoms with Gasteiger partial charge in [-0.05, 0) is 30.2 Å². The maximum Gasteiger partial charge on any atom is 0.203 e. The van der Waals surface area contributed by atoms with Gasteiger partial charge < -0.3 is 24.4 Å². The van der Waals surface area contributed by atoms with Crippen LogP contribution in [0.25, 0.3) is 0 Å². The third-order valence-corrected chi connectivity index (χ3v) is 4.37. The van der Waals surface area contributed by atoms with Gasteiger partial charge in [0.15, 0.2) is 17.5 Å². The second kappa shape index (κ2) is 10.4. The van der Waals surface area contributed by atoms with Gasteiger partial charge in [-0.25, -0.2) is 4.39 Å². The fourth-order valence-corrected chi connectivity index (χ4v) is 2.99. The largest absolute Gasteiger partial charge is 0.493 e. The lowest BCUT2D eigenvalue weighted by molar-refractivity contribution is 0.322. The summed E-state index contributed by atoms with van der Waals surface area (Å²) in [5, 5.41) is 3.34. The van der Waals surface area contributed by atoms with Crippen molar-refractivity contribution in [2.75, 3.05) is 42.0 Å². The van der Waals surface area contributed by atoms with E-state index in [1.165, 1.54) is 12.1 Å². The van der Waals surface area contributed by atoms with Gasteiger partial charge in [0.1, 0.15) is 5.82 Å². The van der Waals surface area contributed by atoms with E-state index in [1.54, 1.807) is 40.5 Å². The van der Waals surface area contributed by atoms with E-state index in [0.29, 0.717) is 36.8 Å². The number of aliphatic imine (C=N–C) groups is 1. The zero-order chi connectivity index (χ0) is 20.5. The number of ether oxygens (including phenoxy) is 3. The molecule has 2 aromatic carbocycles. The van der Waals surface area contributed by atoms with E-state index in [4.69, 9.17) is 14.2 Å². The van der Waals surface area contributed by atoms with Gasteiger partial charge in [-0.3, -0.25) is 4.99 Å². The lowest BCUT2D eigenvalue weighted by Gasteiger charge is -2.22. The molecule has 2 rings (SSSR count). The second-order valence-electron chi connectivity index (χ2n) is 6.20. The van der Waals surface area contributed by atoms with Crippen molar-refractivity contribution in [1.29, 1.82) is 0 Å². The van der Waals surface area contributed by atoms with Gasteiger partial charge in [0.2, 0.25) is 5.75 Å². The van der Waals surface area contributed by atoms with E-state index in [2.05, 4.69) is 10.3 Å². The summed E-state index contributed by atoms with van der Waals surface area (Å²) in [6.45, 7) is 1.28. The molecular formula is C21H28FN3O3. The van der Waals surface area contributed by atoms with E-state index in [-0.39, 0.29) is 5.82 Å². The maximum atomic E-state index is 13.1. The number of hydrogen-bond acceptors (Lipinski definition) is 4. The van der Waals surface area contributed by atoms with E-state index in [1.807, 2.05) is 24.1 Å². The third kappa shape index (κ3) is 5.28. The van der Waals surface area contributed by atoms with Crippen LogP contribution in [-0.4, -0.2) is 52.8 Å². The molecule has 0 aliphatic rings. The predicted octanol–water partition coefficient (Wildman–Crippen LogP) is 3.10. The standard InChI is InChI=1S/C21H28FN3O3/c1-23-21(25(2)14-15-6-9-17(22)10-7-15)24-13-12-16-8-11-18(26-3)20(28-5)19(16)27-4/h6-11H,12-14H2,1-5H3,(H,23,24). The molecule has 7 heteroatoms. The molecule has 0 unspecified atom stereocenters. The van der Waals surface area contributed by atoms with Crippen LogP contribution in [0, 0.1) is 5.82 Å². The minimum Gasteiger partial charge on any atom is -0.493 e. The van der Waals surface area contributed by atoms with Crippen molar-refractivity contribution in [1.82, 2.24) is 10.2 Å². The molecular weight excluding hydrogens is 361 g/mol. The Kier molecular flexibility index (Phi) is 7.92. The summed E-state index contributed by atoms with van der Waals surface area (Å²) in [7, 11) is 8.48. The molecule has 0 heterocycles. The minimum atomic E-state index is -0.238. The quantitative estimate of drug-likeness (QED) is 0.555. The topological polar surface area (TPSA) is 55.3 Å². The van der Waals surface area contributed by atoms with Crippen molar-refractivity contribution in [2.24, 2.45) is 4.99 Å². The summed E-state index contributed by atoms with van der Waals surface area (Å²) in [5.74, 6) is 2.39. The van der Waals surface area contributed by atoms with Gasteiger partial charge in [0.05, 0.1) is 21.3 Å². The van der Waals surface area contributed by atoms with Crippen molar-refractivity contribution in [3.05, 3.63) is 53.3 Å². The Morgan fingerprint density at radius 3 is 2.25 bits per heavy atom. The fourth-order valence-electron chi connectivity index (χ4n) is 2.99. The van der Waals surface area contributed by atoms with Crippen LogP contribution in [0.1, 0.15) is 11.1 Å². The Balaban J connectivity index is 1.99. The highest BCUT2D eigenvalue weighted by Gasteiger charge is 2.16. The smallest absolute Gasteiger partial charge is 0.203 e. The summed E-state index contributed by atoms with van der Waals surface area (Å²) in [6, 6.07) is 10.3. The fraction of sp³-hybridized carbons (Fsp3) is 0.381. The Bertz CT molecular complexity index is 794. The first-order chi connectivity index (χ1) is 13.5. The molecule has 0 aliphatic heterocycles. The summed E-state index contributed by atoms with van der Waals surface area (Å²) in [6.07, 6.45) is 0.715. The average molecular weight is 389 g/mol. The summed E-state index contributed by atoms with van der Waals surface area (Å²) in [4.78, 5) is 6.30. The number of guanidine groups is 1. The highest BCUT2D eigenvalue weighted by atomic mass is 19.1. The van der Waals surface area contributed by atoms with Gasteiger partial charge >= 0.3 is 0 Å². The highest BCUT2D eigenvalue weighted by molar-refractivity contribution is 5.79. The molecule has 0 spiro atoms. The first-order valence-corrected chi connectivity index (χ1v) is 8.98. The zero-order valence-corrected chi connectivity index (χ0v) is 17.1. The Labute approximate surface area is 165 Å². The van der Waals surface area contributed by atoms with Crippen LogP contribution in [-0.2, 0) is 13.0 Å². The molecule has 0 aromatic heterocycles. The number of nitrogens with one attached hydrogen (secondary N) is 1. The maximum absolute atomic E-state index is 13.1. The molecule has 6 nitrogen and oxygen atoms in total. The first kappa shape index (κ1) is 21.3. The van der Waals surface area contributed by atoms with Gasteiger partial charge in [-0.2, -0.15) is 0 Å². The van der Waals surface area contributed by atoms with Crippen molar-refractivity contribution >= 4 is 5.96 Å². The monoisotopic (exact) mass is 389 g/mol. The second-order valence-corrected chi connectivity index (χ2v) is 6.20. The Morgan fingerprint density at radius 1 is 1.00 bits per heavy atom. The van der Waals surface area contributed by atoms with Crippen LogP contribution < -0.4 is 19.5 Å². The first-order valence-electron chi connectivity index (χ1n) is 8.98. The molecule has 1 N–H and O–H groups in total. The van der Waals surface area contributed by atoms with E-state index in [9.17, 15) is 4.39 Å². The normalized spacial score (nSPS) is 11.1. The third-order valence-electron chi connectivity index (χ3n) is 4.37. The van der Waals surface area contributed by atoms with Gasteiger partial charge in [-0.1, -0.05) is 18.2 Å². The molecule has 0 radical (unpaired) electrons. The van der Waals surface area contributed by atoms with Crippen LogP contribution in [0.2, 0.25) is 0 Å². The van der Waals surface area contributed by atoms with Crippen molar-refractivity contribution in [3.63, 3.8) is 0 Å². The lowest BCUT2D eigenvalue weighted by atomic mass is 10.1. The minimum absolute atomic E-state index is 0.238. The molecule has 0 bridgehead atoms. The van der Waals surface area contributed by atoms with Gasteiger partial charge in [0.25, 0.3) is 0 Å². The molecule has 0 aliphatic carbocycles. The van der Waals surface area contributed by atoms with E-state index < -0.39 is 0 Å². The molecule has 152 valence electrons. The molecule has 0 saturated carbocycles. The van der Waals surface area contributed by atoms with Gasteiger partial charge in [0, 0.05) is 32.7 Å². The van der Waals surface area contributed by atoms with Gasteiger partial charge in [-0.15, -0.1) is 0 Å². The number of halogens is 1. The van der Waals surface area contributed by atoms with Crippen LogP contribution in [0.4, 0.5) is 4.39 Å². The summed E-state index contributed by atoms with van der Waals surface area (Å²) < 4.78 is 29.3. The lowest BCUT2D eigenvalue weighted by Crippen LogP contribution is -2.39.